The van der Waals surface area contributed by atoms with Gasteiger partial charge in [0, 0.05) is 24.8 Å². The molecule has 0 fully saturated rings. The fraction of sp³-hybridized carbons (Fsp3) is 0. The van der Waals surface area contributed by atoms with Crippen molar-refractivity contribution in [2.45, 2.75) is 0 Å². The van der Waals surface area contributed by atoms with E-state index in [0.717, 1.165) is 0 Å². The summed E-state index contributed by atoms with van der Waals surface area (Å²) in [5.74, 6) is 0. The summed E-state index contributed by atoms with van der Waals surface area (Å²) in [7, 11) is 2.62. The van der Waals surface area contributed by atoms with Crippen LogP contribution in [0.4, 0.5) is 0 Å². The van der Waals surface area contributed by atoms with Crippen LogP contribution in [0, 0.1) is 0 Å². The molecule has 0 saturated heterocycles. The summed E-state index contributed by atoms with van der Waals surface area (Å²) in [6, 6.07) is 0. The average molecular weight is 278 g/mol. The normalized spacial score (nSPS) is 12.9. The highest BCUT2D eigenvalue weighted by atomic mass is 33.1. The maximum atomic E-state index is 4.07. The Hall–Kier alpha value is -1.66. The van der Waals surface area contributed by atoms with Gasteiger partial charge in [-0.05, 0) is 21.6 Å². The third-order valence-corrected chi connectivity index (χ3v) is 3.12. The smallest absolute Gasteiger partial charge is 0.198 e. The summed E-state index contributed by atoms with van der Waals surface area (Å²) >= 11 is 0. The van der Waals surface area contributed by atoms with E-state index < -0.39 is 0 Å². The van der Waals surface area contributed by atoms with Crippen molar-refractivity contribution in [1.82, 2.24) is 0 Å². The van der Waals surface area contributed by atoms with Gasteiger partial charge in [-0.2, -0.15) is 0 Å². The minimum Gasteiger partial charge on any atom is -0.231 e. The van der Waals surface area contributed by atoms with Crippen molar-refractivity contribution in [1.29, 1.82) is 0 Å². The zero-order chi connectivity index (χ0) is 13.6. The lowest BCUT2D eigenvalue weighted by Gasteiger charge is -1.98. The molecule has 0 atom stereocenters. The minimum absolute atomic E-state index is 0.528. The molecule has 0 heterocycles. The molecule has 0 aromatic carbocycles. The molecule has 0 amide bonds. The van der Waals surface area contributed by atoms with Crippen molar-refractivity contribution in [2.24, 2.45) is 20.0 Å². The van der Waals surface area contributed by atoms with Crippen LogP contribution in [0.3, 0.4) is 0 Å². The number of aliphatic imine (C=N–C) groups is 4. The number of nitrogens with zero attached hydrogens (tertiary/aromatic N) is 4. The number of rotatable bonds is 4. The second-order valence-corrected chi connectivity index (χ2v) is 4.45. The Labute approximate surface area is 115 Å². The van der Waals surface area contributed by atoms with E-state index in [0.29, 0.717) is 10.3 Å². The highest BCUT2D eigenvalue weighted by Gasteiger charge is 2.02. The Balaban J connectivity index is 4.65. The fourth-order valence-electron chi connectivity index (χ4n) is 0.616. The summed E-state index contributed by atoms with van der Waals surface area (Å²) in [6.45, 7) is 14.1. The first-order valence-corrected chi connectivity index (χ1v) is 6.95. The molecule has 0 rings (SSSR count). The monoisotopic (exact) mass is 278 g/mol. The summed E-state index contributed by atoms with van der Waals surface area (Å²) < 4.78 is 0. The Morgan fingerprint density at radius 1 is 0.722 bits per heavy atom. The molecule has 0 aliphatic heterocycles. The van der Waals surface area contributed by atoms with Gasteiger partial charge in [0.05, 0.1) is 0 Å². The Morgan fingerprint density at radius 2 is 1.11 bits per heavy atom. The van der Waals surface area contributed by atoms with E-state index in [4.69, 9.17) is 0 Å². The van der Waals surface area contributed by atoms with Gasteiger partial charge in [0.15, 0.2) is 10.3 Å². The Kier molecular flexibility index (Phi) is 10.7. The third kappa shape index (κ3) is 8.49. The SMILES string of the molecule is C=C/C=N\C(=N/C=C)SSC(/N=C\C=C)=N/C=C. The summed E-state index contributed by atoms with van der Waals surface area (Å²) in [5.41, 5.74) is 0. The van der Waals surface area contributed by atoms with Crippen LogP contribution in [0.25, 0.3) is 0 Å². The standard InChI is InChI=1S/C12H14N4S2/c1-5-9-15-11(13-7-3)17-18-12(14-8-4)16-10-6-2/h5-10H,1-4H2/b13-11+,14-12+,15-9-,16-10-. The van der Waals surface area contributed by atoms with Crippen LogP contribution < -0.4 is 0 Å². The second-order valence-electron chi connectivity index (χ2n) is 2.38. The van der Waals surface area contributed by atoms with Gasteiger partial charge in [-0.25, -0.2) is 20.0 Å². The van der Waals surface area contributed by atoms with Gasteiger partial charge in [0.2, 0.25) is 0 Å². The van der Waals surface area contributed by atoms with E-state index in [-0.39, 0.29) is 0 Å². The molecule has 4 nitrogen and oxygen atoms in total. The Morgan fingerprint density at radius 3 is 1.39 bits per heavy atom. The van der Waals surface area contributed by atoms with Crippen LogP contribution in [0.15, 0.2) is 70.8 Å². The van der Waals surface area contributed by atoms with Gasteiger partial charge >= 0.3 is 0 Å². The van der Waals surface area contributed by atoms with E-state index in [1.54, 1.807) is 24.6 Å². The van der Waals surface area contributed by atoms with Gasteiger partial charge < -0.3 is 0 Å². The molecule has 0 aromatic heterocycles. The van der Waals surface area contributed by atoms with E-state index >= 15 is 0 Å². The van der Waals surface area contributed by atoms with Crippen LogP contribution in [0.5, 0.6) is 0 Å². The highest BCUT2D eigenvalue weighted by molar-refractivity contribution is 8.87. The molecule has 18 heavy (non-hydrogen) atoms. The molecule has 0 saturated carbocycles. The van der Waals surface area contributed by atoms with E-state index in [9.17, 15) is 0 Å². The van der Waals surface area contributed by atoms with Crippen LogP contribution >= 0.6 is 21.6 Å². The van der Waals surface area contributed by atoms with Crippen molar-refractivity contribution in [2.75, 3.05) is 0 Å². The topological polar surface area (TPSA) is 49.4 Å². The summed E-state index contributed by atoms with van der Waals surface area (Å²) in [5, 5.41) is 1.06. The molecule has 0 aliphatic carbocycles. The van der Waals surface area contributed by atoms with E-state index in [1.165, 1.54) is 34.0 Å². The molecule has 0 aliphatic rings. The fourth-order valence-corrected chi connectivity index (χ4v) is 2.17. The lowest BCUT2D eigenvalue weighted by Crippen LogP contribution is -1.89. The molecule has 0 spiro atoms. The van der Waals surface area contributed by atoms with Crippen LogP contribution in [-0.4, -0.2) is 22.8 Å². The zero-order valence-corrected chi connectivity index (χ0v) is 11.5. The van der Waals surface area contributed by atoms with Gasteiger partial charge in [-0.1, -0.05) is 38.5 Å². The van der Waals surface area contributed by atoms with Crippen molar-refractivity contribution in [3.63, 3.8) is 0 Å². The first-order chi connectivity index (χ1) is 8.78. The van der Waals surface area contributed by atoms with Crippen molar-refractivity contribution in [3.05, 3.63) is 50.9 Å². The maximum absolute atomic E-state index is 4.07. The largest absolute Gasteiger partial charge is 0.231 e. The molecule has 6 heteroatoms. The summed E-state index contributed by atoms with van der Waals surface area (Å²) in [6.07, 6.45) is 9.07. The molecule has 0 N–H and O–H groups in total. The second kappa shape index (κ2) is 11.8. The lowest BCUT2D eigenvalue weighted by atomic mass is 10.7. The number of hydrogen-bond acceptors (Lipinski definition) is 4. The highest BCUT2D eigenvalue weighted by Crippen LogP contribution is 2.26. The summed E-state index contributed by atoms with van der Waals surface area (Å²) in [4.78, 5) is 16.1. The molecule has 94 valence electrons. The van der Waals surface area contributed by atoms with E-state index in [1.807, 2.05) is 0 Å². The number of amidine groups is 2. The molecule has 0 bridgehead atoms. The molecule has 0 unspecified atom stereocenters. The predicted molar refractivity (Wildman–Crippen MR) is 87.8 cm³/mol. The quantitative estimate of drug-likeness (QED) is 0.445. The lowest BCUT2D eigenvalue weighted by molar-refractivity contribution is 1.56. The molecular weight excluding hydrogens is 264 g/mol. The number of allylic oxidation sites excluding steroid dienone is 2. The van der Waals surface area contributed by atoms with Crippen LogP contribution in [-0.2, 0) is 0 Å². The maximum Gasteiger partial charge on any atom is 0.198 e. The van der Waals surface area contributed by atoms with Crippen molar-refractivity contribution < 1.29 is 0 Å². The third-order valence-electron chi connectivity index (χ3n) is 1.17. The Bertz CT molecular complexity index is 380. The van der Waals surface area contributed by atoms with Crippen LogP contribution in [0.2, 0.25) is 0 Å². The minimum atomic E-state index is 0.528. The van der Waals surface area contributed by atoms with Gasteiger partial charge in [0.25, 0.3) is 0 Å². The van der Waals surface area contributed by atoms with Gasteiger partial charge in [0.1, 0.15) is 0 Å². The van der Waals surface area contributed by atoms with Crippen molar-refractivity contribution in [3.8, 4) is 0 Å². The zero-order valence-electron chi connectivity index (χ0n) is 9.90. The molecule has 0 aromatic rings. The average Bonchev–Trinajstić information content (AvgIpc) is 2.38. The molecule has 0 radical (unpaired) electrons. The molecular formula is C12H14N4S2. The predicted octanol–water partition coefficient (Wildman–Crippen LogP) is 3.88. The van der Waals surface area contributed by atoms with Gasteiger partial charge in [-0.15, -0.1) is 0 Å². The van der Waals surface area contributed by atoms with Gasteiger partial charge in [-0.3, -0.25) is 0 Å². The first kappa shape index (κ1) is 16.3. The first-order valence-electron chi connectivity index (χ1n) is 4.80. The van der Waals surface area contributed by atoms with Crippen molar-refractivity contribution >= 4 is 44.4 Å². The van der Waals surface area contributed by atoms with E-state index in [2.05, 4.69) is 46.3 Å². The van der Waals surface area contributed by atoms with Crippen LogP contribution in [0.1, 0.15) is 0 Å². The number of hydrogen-bond donors (Lipinski definition) is 0.